The highest BCUT2D eigenvalue weighted by Gasteiger charge is 2.37. The molecule has 0 spiro atoms. The van der Waals surface area contributed by atoms with Crippen molar-refractivity contribution in [2.24, 2.45) is 0 Å². The highest BCUT2D eigenvalue weighted by atomic mass is 79.9. The summed E-state index contributed by atoms with van der Waals surface area (Å²) in [6, 6.07) is 35.2. The number of rotatable bonds is 6. The molecule has 0 fully saturated rings. The van der Waals surface area contributed by atoms with Gasteiger partial charge in [0.15, 0.2) is 0 Å². The lowest BCUT2D eigenvalue weighted by Crippen LogP contribution is -2.12. The van der Waals surface area contributed by atoms with Crippen LogP contribution in [-0.2, 0) is 0 Å². The Balaban J connectivity index is 2.22. The second kappa shape index (κ2) is 9.96. The van der Waals surface area contributed by atoms with Crippen LogP contribution in [0.5, 0.6) is 0 Å². The molecule has 0 aliphatic rings. The van der Waals surface area contributed by atoms with Crippen molar-refractivity contribution in [2.45, 2.75) is 19.6 Å². The summed E-state index contributed by atoms with van der Waals surface area (Å²) in [5.74, 6) is 0. The normalized spacial score (nSPS) is 11.8. The molecule has 0 amide bonds. The van der Waals surface area contributed by atoms with Gasteiger partial charge < -0.3 is 9.80 Å². The van der Waals surface area contributed by atoms with Crippen LogP contribution >= 0.6 is 41.9 Å². The van der Waals surface area contributed by atoms with E-state index in [1.807, 2.05) is 0 Å². The number of halogens is 2. The predicted molar refractivity (Wildman–Crippen MR) is 150 cm³/mol. The molecule has 0 atom stereocenters. The summed E-state index contributed by atoms with van der Waals surface area (Å²) in [6.07, 6.45) is 0. The molecule has 0 N–H and O–H groups in total. The van der Waals surface area contributed by atoms with Crippen molar-refractivity contribution in [3.05, 3.63) is 106 Å². The average molecular weight is 584 g/mol. The van der Waals surface area contributed by atoms with Crippen molar-refractivity contribution in [1.82, 2.24) is 0 Å². The lowest BCUT2D eigenvalue weighted by molar-refractivity contribution is 1.10. The Morgan fingerprint density at radius 3 is 1.21 bits per heavy atom. The van der Waals surface area contributed by atoms with E-state index in [2.05, 4.69) is 167 Å². The van der Waals surface area contributed by atoms with Gasteiger partial charge in [-0.05, 0) is 92.5 Å². The molecule has 0 unspecified atom stereocenters. The Hall–Kier alpha value is -2.21. The minimum absolute atomic E-state index is 1.11. The highest BCUT2D eigenvalue weighted by molar-refractivity contribution is 9.11. The zero-order valence-electron chi connectivity index (χ0n) is 19.3. The first-order chi connectivity index (χ1) is 15.9. The van der Waals surface area contributed by atoms with Crippen LogP contribution in [0.1, 0.15) is 0 Å². The van der Waals surface area contributed by atoms with Gasteiger partial charge in [0.1, 0.15) is 0 Å². The van der Waals surface area contributed by atoms with Crippen LogP contribution in [0, 0.1) is 0 Å². The molecule has 4 aromatic carbocycles. The molecule has 5 heteroatoms. The van der Waals surface area contributed by atoms with E-state index in [1.165, 1.54) is 31.0 Å². The van der Waals surface area contributed by atoms with Crippen LogP contribution in [0.15, 0.2) is 126 Å². The van der Waals surface area contributed by atoms with E-state index >= 15 is 0 Å². The number of anilines is 2. The quantitative estimate of drug-likeness (QED) is 0.224. The fourth-order valence-corrected chi connectivity index (χ4v) is 9.94. The Morgan fingerprint density at radius 2 is 0.879 bits per heavy atom. The highest BCUT2D eigenvalue weighted by Crippen LogP contribution is 2.76. The molecule has 33 heavy (non-hydrogen) atoms. The van der Waals surface area contributed by atoms with Gasteiger partial charge in [-0.1, -0.05) is 36.4 Å². The van der Waals surface area contributed by atoms with E-state index in [-0.39, 0.29) is 0 Å². The zero-order valence-corrected chi connectivity index (χ0v) is 23.3. The first kappa shape index (κ1) is 23.9. The van der Waals surface area contributed by atoms with Gasteiger partial charge in [0.05, 0.1) is 0 Å². The van der Waals surface area contributed by atoms with Gasteiger partial charge in [0, 0.05) is 68.1 Å². The van der Waals surface area contributed by atoms with E-state index in [9.17, 15) is 0 Å². The molecule has 0 aromatic heterocycles. The van der Waals surface area contributed by atoms with E-state index in [1.54, 1.807) is 0 Å². The maximum atomic E-state index is 3.96. The van der Waals surface area contributed by atoms with E-state index in [4.69, 9.17) is 0 Å². The smallest absolute Gasteiger partial charge is 0.0372 e. The Labute approximate surface area is 215 Å². The molecular weight excluding hydrogens is 556 g/mol. The predicted octanol–water partition coefficient (Wildman–Crippen LogP) is 8.68. The monoisotopic (exact) mass is 582 g/mol. The molecule has 170 valence electrons. The SMILES string of the molecule is CN(C)c1ccc(Br)c(S(c2ccccc2)(c2ccccc2)c2cc(N(C)C)ccc2Br)c1. The molecule has 0 saturated carbocycles. The van der Waals surface area contributed by atoms with Crippen LogP contribution in [-0.4, -0.2) is 28.2 Å². The van der Waals surface area contributed by atoms with Gasteiger partial charge in [-0.2, -0.15) is 0 Å². The Morgan fingerprint density at radius 1 is 0.515 bits per heavy atom. The second-order valence-electron chi connectivity index (χ2n) is 8.26. The molecular formula is C28H28Br2N2S. The summed E-state index contributed by atoms with van der Waals surface area (Å²) < 4.78 is 2.22. The number of benzene rings is 4. The van der Waals surface area contributed by atoms with Crippen molar-refractivity contribution < 1.29 is 0 Å². The third kappa shape index (κ3) is 4.46. The number of hydrogen-bond donors (Lipinski definition) is 0. The van der Waals surface area contributed by atoms with Crippen LogP contribution in [0.2, 0.25) is 0 Å². The third-order valence-electron chi connectivity index (χ3n) is 5.72. The van der Waals surface area contributed by atoms with Crippen molar-refractivity contribution in [3.63, 3.8) is 0 Å². The molecule has 0 heterocycles. The fraction of sp³-hybridized carbons (Fsp3) is 0.143. The van der Waals surface area contributed by atoms with Crippen LogP contribution in [0.3, 0.4) is 0 Å². The molecule has 0 radical (unpaired) electrons. The topological polar surface area (TPSA) is 6.48 Å². The largest absolute Gasteiger partial charge is 0.378 e. The molecule has 2 nitrogen and oxygen atoms in total. The average Bonchev–Trinajstić information content (AvgIpc) is 2.82. The van der Waals surface area contributed by atoms with Crippen molar-refractivity contribution in [1.29, 1.82) is 0 Å². The molecule has 0 bridgehead atoms. The molecule has 0 saturated heterocycles. The summed E-state index contributed by atoms with van der Waals surface area (Å²) in [6.45, 7) is 0. The summed E-state index contributed by atoms with van der Waals surface area (Å²) in [4.78, 5) is 9.49. The minimum atomic E-state index is -1.83. The third-order valence-corrected chi connectivity index (χ3v) is 11.6. The van der Waals surface area contributed by atoms with Gasteiger partial charge in [-0.15, -0.1) is 10.0 Å². The molecule has 0 aliphatic carbocycles. The molecule has 4 aromatic rings. The fourth-order valence-electron chi connectivity index (χ4n) is 4.02. The van der Waals surface area contributed by atoms with Crippen molar-refractivity contribution >= 4 is 53.3 Å². The summed E-state index contributed by atoms with van der Waals surface area (Å²) in [5, 5.41) is 0. The molecule has 0 aliphatic heterocycles. The van der Waals surface area contributed by atoms with E-state index < -0.39 is 10.0 Å². The maximum Gasteiger partial charge on any atom is 0.0372 e. The Kier molecular flexibility index (Phi) is 7.22. The summed E-state index contributed by atoms with van der Waals surface area (Å²) in [7, 11) is 6.55. The van der Waals surface area contributed by atoms with Crippen LogP contribution < -0.4 is 9.80 Å². The number of nitrogens with zero attached hydrogens (tertiary/aromatic N) is 2. The zero-order chi connectivity index (χ0) is 23.6. The first-order valence-electron chi connectivity index (χ1n) is 10.7. The lowest BCUT2D eigenvalue weighted by atomic mass is 10.3. The maximum absolute atomic E-state index is 3.96. The number of hydrogen-bond acceptors (Lipinski definition) is 2. The first-order valence-corrected chi connectivity index (χ1v) is 13.9. The summed E-state index contributed by atoms with van der Waals surface area (Å²) >= 11 is 7.91. The molecule has 4 rings (SSSR count). The van der Waals surface area contributed by atoms with E-state index in [0.717, 1.165) is 8.95 Å². The standard InChI is InChI=1S/C28H28Br2N2S/c1-31(2)21-15-17-25(29)27(19-21)33(23-11-7-5-8-12-23,24-13-9-6-10-14-24)28-20-22(32(3)4)16-18-26(28)30/h5-20H,1-4H3. The van der Waals surface area contributed by atoms with Crippen LogP contribution in [0.4, 0.5) is 11.4 Å². The van der Waals surface area contributed by atoms with Crippen molar-refractivity contribution in [2.75, 3.05) is 38.0 Å². The van der Waals surface area contributed by atoms with Gasteiger partial charge in [-0.25, -0.2) is 0 Å². The Bertz CT molecular complexity index is 1140. The second-order valence-corrected chi connectivity index (χ2v) is 13.0. The minimum Gasteiger partial charge on any atom is -0.378 e. The van der Waals surface area contributed by atoms with Crippen LogP contribution in [0.25, 0.3) is 0 Å². The van der Waals surface area contributed by atoms with Gasteiger partial charge >= 0.3 is 0 Å². The van der Waals surface area contributed by atoms with E-state index in [0.29, 0.717) is 0 Å². The van der Waals surface area contributed by atoms with Gasteiger partial charge in [0.2, 0.25) is 0 Å². The van der Waals surface area contributed by atoms with Gasteiger partial charge in [-0.3, -0.25) is 0 Å². The lowest BCUT2D eigenvalue weighted by Gasteiger charge is -2.43. The van der Waals surface area contributed by atoms with Gasteiger partial charge in [0.25, 0.3) is 0 Å². The van der Waals surface area contributed by atoms with Crippen molar-refractivity contribution in [3.8, 4) is 0 Å². The summed E-state index contributed by atoms with van der Waals surface area (Å²) in [5.41, 5.74) is 2.36.